The second-order valence-corrected chi connectivity index (χ2v) is 3.46. The predicted molar refractivity (Wildman–Crippen MR) is 56.3 cm³/mol. The molecule has 2 aromatic rings. The molecule has 0 fully saturated rings. The molecule has 0 aliphatic heterocycles. The number of nitrogens with zero attached hydrogens (tertiary/aromatic N) is 4. The summed E-state index contributed by atoms with van der Waals surface area (Å²) in [6, 6.07) is 8.24. The first-order chi connectivity index (χ1) is 8.09. The maximum Gasteiger partial charge on any atom is 0.511 e. The van der Waals surface area contributed by atoms with Gasteiger partial charge in [0.05, 0.1) is 16.9 Å². The average molecular weight is 256 g/mol. The average Bonchev–Trinajstić information content (AvgIpc) is 2.58. The van der Waals surface area contributed by atoms with E-state index in [-0.39, 0.29) is 0 Å². The van der Waals surface area contributed by atoms with Crippen molar-refractivity contribution in [3.8, 4) is 0 Å². The van der Waals surface area contributed by atoms with Crippen LogP contribution in [0.15, 0.2) is 35.1 Å². The van der Waals surface area contributed by atoms with Crippen LogP contribution in [-0.2, 0) is 7.05 Å². The van der Waals surface area contributed by atoms with E-state index in [1.54, 1.807) is 30.3 Å². The Morgan fingerprint density at radius 3 is 2.59 bits per heavy atom. The van der Waals surface area contributed by atoms with Gasteiger partial charge in [-0.2, -0.15) is 0 Å². The number of benzene rings is 1. The summed E-state index contributed by atoms with van der Waals surface area (Å²) in [5, 5.41) is 3.48. The molecule has 88 valence electrons. The fourth-order valence-electron chi connectivity index (χ4n) is 1.12. The molecule has 2 rings (SSSR count). The molecule has 0 N–H and O–H groups in total. The summed E-state index contributed by atoms with van der Waals surface area (Å²) < 4.78 is 1.71. The Balaban J connectivity index is 2.25. The Hall–Kier alpha value is -2.15. The number of hydrogen-bond acceptors (Lipinski definition) is 4. The molecule has 1 aromatic carbocycles. The molecule has 1 aromatic heterocycles. The van der Waals surface area contributed by atoms with E-state index in [2.05, 4.69) is 5.21 Å². The predicted octanol–water partition coefficient (Wildman–Crippen LogP) is -0.860. The molecule has 1 heterocycles. The third-order valence-corrected chi connectivity index (χ3v) is 2.32. The van der Waals surface area contributed by atoms with Crippen molar-refractivity contribution in [1.29, 1.82) is 0 Å². The molecule has 8 heteroatoms. The summed E-state index contributed by atoms with van der Waals surface area (Å²) in [5.41, 5.74) is -0.351. The molecule has 0 aliphatic rings. The second kappa shape index (κ2) is 4.38. The molecular weight excluding hydrogens is 248 g/mol. The van der Waals surface area contributed by atoms with Crippen LogP contribution in [0.25, 0.3) is 0 Å². The minimum absolute atomic E-state index is 0.311. The lowest BCUT2D eigenvalue weighted by atomic mass is 10.2. The number of rotatable bonds is 2. The van der Waals surface area contributed by atoms with E-state index >= 15 is 0 Å². The number of halogens is 1. The highest BCUT2D eigenvalue weighted by atomic mass is 35.5. The SMILES string of the molecule is Cn1c(=O)n(OC(=O)c2ccccc2)n[n+]1Cl. The molecule has 0 aliphatic carbocycles. The Morgan fingerprint density at radius 2 is 2.06 bits per heavy atom. The third kappa shape index (κ3) is 2.18. The molecule has 0 radical (unpaired) electrons. The van der Waals surface area contributed by atoms with Gasteiger partial charge >= 0.3 is 11.7 Å². The van der Waals surface area contributed by atoms with Crippen LogP contribution in [0.5, 0.6) is 0 Å². The van der Waals surface area contributed by atoms with E-state index < -0.39 is 11.7 Å². The van der Waals surface area contributed by atoms with Crippen LogP contribution >= 0.6 is 11.8 Å². The van der Waals surface area contributed by atoms with Crippen molar-refractivity contribution >= 4 is 17.7 Å². The first-order valence-corrected chi connectivity index (χ1v) is 4.96. The van der Waals surface area contributed by atoms with Crippen molar-refractivity contribution in [3.63, 3.8) is 0 Å². The molecular formula is C9H8ClN4O3+. The Labute approximate surface area is 100 Å². The third-order valence-electron chi connectivity index (χ3n) is 2.02. The summed E-state index contributed by atoms with van der Waals surface area (Å²) in [4.78, 5) is 28.3. The number of aromatic nitrogens is 4. The van der Waals surface area contributed by atoms with Gasteiger partial charge in [0.2, 0.25) is 0 Å². The van der Waals surface area contributed by atoms with Crippen LogP contribution in [0.4, 0.5) is 0 Å². The van der Waals surface area contributed by atoms with Crippen LogP contribution in [0, 0.1) is 0 Å². The lowest BCUT2D eigenvalue weighted by molar-refractivity contribution is -0.680. The monoisotopic (exact) mass is 255 g/mol. The minimum Gasteiger partial charge on any atom is -0.241 e. The minimum atomic E-state index is -0.692. The fraction of sp³-hybridized carbons (Fsp3) is 0.111. The highest BCUT2D eigenvalue weighted by Crippen LogP contribution is 1.98. The standard InChI is InChI=1S/C9H8ClN4O3/c1-12-9(16)13(11-14(12)10)17-8(15)7-5-3-2-4-6-7/h2-6H,1H3/q+1. The summed E-state index contributed by atoms with van der Waals surface area (Å²) in [7, 11) is 1.38. The van der Waals surface area contributed by atoms with E-state index in [1.165, 1.54) is 7.05 Å². The van der Waals surface area contributed by atoms with E-state index in [4.69, 9.17) is 16.6 Å². The number of carbonyl (C=O) groups excluding carboxylic acids is 1. The van der Waals surface area contributed by atoms with Gasteiger partial charge in [0.15, 0.2) is 17.0 Å². The van der Waals surface area contributed by atoms with Crippen LogP contribution < -0.4 is 14.8 Å². The molecule has 0 amide bonds. The van der Waals surface area contributed by atoms with Crippen LogP contribution in [0.3, 0.4) is 0 Å². The number of hydrogen-bond donors (Lipinski definition) is 0. The zero-order valence-electron chi connectivity index (χ0n) is 8.78. The lowest BCUT2D eigenvalue weighted by Crippen LogP contribution is -2.37. The summed E-state index contributed by atoms with van der Waals surface area (Å²) in [5.74, 6) is -0.692. The van der Waals surface area contributed by atoms with Gasteiger partial charge in [-0.1, -0.05) is 18.2 Å². The number of carbonyl (C=O) groups is 1. The van der Waals surface area contributed by atoms with Crippen molar-refractivity contribution in [2.75, 3.05) is 0 Å². The Kier molecular flexibility index (Phi) is 2.92. The fourth-order valence-corrected chi connectivity index (χ4v) is 1.25. The largest absolute Gasteiger partial charge is 0.511 e. The van der Waals surface area contributed by atoms with Crippen molar-refractivity contribution < 1.29 is 13.9 Å². The van der Waals surface area contributed by atoms with Gasteiger partial charge in [-0.25, -0.2) is 14.4 Å². The highest BCUT2D eigenvalue weighted by molar-refractivity contribution is 6.03. The maximum absolute atomic E-state index is 11.6. The molecule has 7 nitrogen and oxygen atoms in total. The van der Waals surface area contributed by atoms with Crippen molar-refractivity contribution in [1.82, 2.24) is 14.7 Å². The van der Waals surface area contributed by atoms with E-state index in [0.29, 0.717) is 10.4 Å². The second-order valence-electron chi connectivity index (χ2n) is 3.15. The van der Waals surface area contributed by atoms with Crippen molar-refractivity contribution in [3.05, 3.63) is 46.4 Å². The van der Waals surface area contributed by atoms with Gasteiger partial charge in [0, 0.05) is 0 Å². The lowest BCUT2D eigenvalue weighted by Gasteiger charge is -1.94. The molecule has 0 saturated heterocycles. The Bertz CT molecular complexity index is 604. The summed E-state index contributed by atoms with van der Waals surface area (Å²) in [6.07, 6.45) is 0. The van der Waals surface area contributed by atoms with Gasteiger partial charge in [-0.05, 0) is 12.1 Å². The topological polar surface area (TPSA) is 70.0 Å². The van der Waals surface area contributed by atoms with Gasteiger partial charge in [-0.3, -0.25) is 0 Å². The summed E-state index contributed by atoms with van der Waals surface area (Å²) in [6.45, 7) is 0. The molecule has 17 heavy (non-hydrogen) atoms. The van der Waals surface area contributed by atoms with Crippen LogP contribution in [0.2, 0.25) is 0 Å². The van der Waals surface area contributed by atoms with Crippen molar-refractivity contribution in [2.45, 2.75) is 0 Å². The normalized spacial score (nSPS) is 10.2. The van der Waals surface area contributed by atoms with Gasteiger partial charge in [0.25, 0.3) is 0 Å². The molecule has 0 bridgehead atoms. The van der Waals surface area contributed by atoms with Crippen LogP contribution in [0.1, 0.15) is 10.4 Å². The Morgan fingerprint density at radius 1 is 1.41 bits per heavy atom. The molecule has 0 atom stereocenters. The van der Waals surface area contributed by atoms with Gasteiger partial charge in [-0.15, -0.1) is 4.68 Å². The van der Waals surface area contributed by atoms with E-state index in [9.17, 15) is 9.59 Å². The first kappa shape index (κ1) is 11.3. The molecule has 0 saturated carbocycles. The maximum atomic E-state index is 11.6. The highest BCUT2D eigenvalue weighted by Gasteiger charge is 2.22. The quantitative estimate of drug-likeness (QED) is 0.655. The van der Waals surface area contributed by atoms with E-state index in [0.717, 1.165) is 9.00 Å². The zero-order valence-corrected chi connectivity index (χ0v) is 9.53. The van der Waals surface area contributed by atoms with Crippen molar-refractivity contribution in [2.24, 2.45) is 7.05 Å². The van der Waals surface area contributed by atoms with Gasteiger partial charge in [0.1, 0.15) is 4.85 Å². The number of tetrazole rings is 1. The smallest absolute Gasteiger partial charge is 0.241 e. The molecule has 0 unspecified atom stereocenters. The van der Waals surface area contributed by atoms with E-state index in [1.807, 2.05) is 0 Å². The molecule has 0 spiro atoms. The van der Waals surface area contributed by atoms with Gasteiger partial charge < -0.3 is 0 Å². The van der Waals surface area contributed by atoms with Crippen LogP contribution in [-0.4, -0.2) is 20.7 Å². The first-order valence-electron chi connectivity index (χ1n) is 4.62. The zero-order chi connectivity index (χ0) is 12.4. The summed E-state index contributed by atoms with van der Waals surface area (Å²) >= 11 is 5.52.